The van der Waals surface area contributed by atoms with Crippen LogP contribution in [0.1, 0.15) is 23.2 Å². The van der Waals surface area contributed by atoms with Gasteiger partial charge in [-0.05, 0) is 37.1 Å². The third kappa shape index (κ3) is 4.25. The number of carbonyl (C=O) groups excluding carboxylic acids is 1. The van der Waals surface area contributed by atoms with Gasteiger partial charge in [0.25, 0.3) is 11.5 Å². The Balaban J connectivity index is 1.58. The number of amides is 1. The zero-order chi connectivity index (χ0) is 22.8. The molecule has 168 valence electrons. The summed E-state index contributed by atoms with van der Waals surface area (Å²) in [4.78, 5) is 26.6. The molecular weight excluding hydrogens is 420 g/mol. The second kappa shape index (κ2) is 8.91. The molecule has 0 aliphatic carbocycles. The van der Waals surface area contributed by atoms with E-state index in [0.29, 0.717) is 40.5 Å². The van der Waals surface area contributed by atoms with Crippen molar-refractivity contribution in [2.24, 2.45) is 0 Å². The number of aromatic nitrogens is 3. The lowest BCUT2D eigenvalue weighted by molar-refractivity contribution is 0.0961. The summed E-state index contributed by atoms with van der Waals surface area (Å²) in [6.45, 7) is 1.29. The topological polar surface area (TPSA) is 87.4 Å². The molecule has 0 radical (unpaired) electrons. The van der Waals surface area contributed by atoms with Gasteiger partial charge in [-0.2, -0.15) is 9.78 Å². The fraction of sp³-hybridized carbons (Fsp3) is 0.240. The highest BCUT2D eigenvalue weighted by Crippen LogP contribution is 2.25. The Morgan fingerprint density at radius 2 is 2.03 bits per heavy atom. The normalized spacial score (nSPS) is 15.6. The molecule has 0 unspecified atom stereocenters. The van der Waals surface area contributed by atoms with Crippen LogP contribution < -0.4 is 15.6 Å². The molecule has 1 N–H and O–H groups in total. The van der Waals surface area contributed by atoms with E-state index in [4.69, 9.17) is 9.47 Å². The number of carbonyl (C=O) groups is 1. The second-order valence-electron chi connectivity index (χ2n) is 8.00. The van der Waals surface area contributed by atoms with Gasteiger partial charge in [0.05, 0.1) is 30.0 Å². The number of rotatable bonds is 6. The Bertz CT molecular complexity index is 1310. The Morgan fingerprint density at radius 1 is 1.18 bits per heavy atom. The van der Waals surface area contributed by atoms with Crippen LogP contribution in [0.15, 0.2) is 71.8 Å². The lowest BCUT2D eigenvalue weighted by atomic mass is 10.1. The summed E-state index contributed by atoms with van der Waals surface area (Å²) in [7, 11) is 1.57. The first-order valence-electron chi connectivity index (χ1n) is 10.9. The molecule has 1 amide bonds. The number of hydrogen-bond acceptors (Lipinski definition) is 5. The number of anilines is 1. The molecule has 1 fully saturated rings. The smallest absolute Gasteiger partial charge is 0.282 e. The van der Waals surface area contributed by atoms with Crippen LogP contribution >= 0.6 is 0 Å². The van der Waals surface area contributed by atoms with E-state index in [1.807, 2.05) is 34.9 Å². The summed E-state index contributed by atoms with van der Waals surface area (Å²) in [6, 6.07) is 16.3. The number of benzene rings is 2. The lowest BCUT2D eigenvalue weighted by Gasteiger charge is -2.16. The van der Waals surface area contributed by atoms with E-state index in [1.165, 1.54) is 4.68 Å². The van der Waals surface area contributed by atoms with Gasteiger partial charge in [0.1, 0.15) is 11.4 Å². The fourth-order valence-corrected chi connectivity index (χ4v) is 4.10. The van der Waals surface area contributed by atoms with E-state index in [0.717, 1.165) is 19.4 Å². The molecule has 0 aromatic heterocycles. The number of nitrogens with zero attached hydrogens (tertiary/aromatic N) is 3. The number of pyridine rings is 1. The maximum Gasteiger partial charge on any atom is 0.282 e. The zero-order valence-corrected chi connectivity index (χ0v) is 18.2. The summed E-state index contributed by atoms with van der Waals surface area (Å²) in [6.07, 6.45) is 5.51. The number of methoxy groups -OCH3 is 1. The van der Waals surface area contributed by atoms with Crippen molar-refractivity contribution in [1.82, 2.24) is 14.3 Å². The second-order valence-corrected chi connectivity index (χ2v) is 8.00. The predicted molar refractivity (Wildman–Crippen MR) is 124 cm³/mol. The van der Waals surface area contributed by atoms with Crippen molar-refractivity contribution in [1.29, 1.82) is 0 Å². The lowest BCUT2D eigenvalue weighted by Crippen LogP contribution is -2.20. The molecule has 3 heterocycles. The molecule has 8 nitrogen and oxygen atoms in total. The van der Waals surface area contributed by atoms with Crippen LogP contribution in [0, 0.1) is 0 Å². The highest BCUT2D eigenvalue weighted by Gasteiger charge is 2.26. The van der Waals surface area contributed by atoms with Gasteiger partial charge in [-0.3, -0.25) is 9.59 Å². The van der Waals surface area contributed by atoms with Crippen LogP contribution in [0.2, 0.25) is 0 Å². The van der Waals surface area contributed by atoms with Gasteiger partial charge >= 0.3 is 0 Å². The standard InChI is InChI=1S/C25H24N4O4/c1-32-19-10-5-7-17(13-19)26-24(30)21-15-28(14-20-11-6-12-33-20)16-22-23(21)27-29(25(22)31)18-8-3-2-4-9-18/h2-5,7-10,13,15-16,20H,6,11-12,14H2,1H3,(H,26,30)/t20-/m0/s1. The van der Waals surface area contributed by atoms with Crippen molar-refractivity contribution >= 4 is 11.6 Å². The molecule has 33 heavy (non-hydrogen) atoms. The van der Waals surface area contributed by atoms with Gasteiger partial charge < -0.3 is 19.4 Å². The Kier molecular flexibility index (Phi) is 5.66. The predicted octanol–water partition coefficient (Wildman–Crippen LogP) is 3.58. The van der Waals surface area contributed by atoms with Crippen LogP contribution in [0.5, 0.6) is 5.75 Å². The first-order valence-corrected chi connectivity index (χ1v) is 10.9. The average Bonchev–Trinajstić information content (AvgIpc) is 3.47. The summed E-state index contributed by atoms with van der Waals surface area (Å²) < 4.78 is 14.2. The molecule has 2 aromatic rings. The molecule has 8 heteroatoms. The fourth-order valence-electron chi connectivity index (χ4n) is 4.10. The van der Waals surface area contributed by atoms with Crippen LogP contribution in [0.3, 0.4) is 0 Å². The summed E-state index contributed by atoms with van der Waals surface area (Å²) >= 11 is 0. The first-order chi connectivity index (χ1) is 16.1. The van der Waals surface area contributed by atoms with E-state index in [9.17, 15) is 9.59 Å². The third-order valence-corrected chi connectivity index (χ3v) is 5.73. The third-order valence-electron chi connectivity index (χ3n) is 5.73. The molecular formula is C25H24N4O4. The van der Waals surface area contributed by atoms with Crippen molar-refractivity contribution in [3.63, 3.8) is 0 Å². The quantitative estimate of drug-likeness (QED) is 0.491. The van der Waals surface area contributed by atoms with Crippen molar-refractivity contribution in [2.75, 3.05) is 19.0 Å². The molecule has 3 aliphatic rings. The van der Waals surface area contributed by atoms with Gasteiger partial charge in [-0.25, -0.2) is 0 Å². The molecule has 2 aromatic carbocycles. The summed E-state index contributed by atoms with van der Waals surface area (Å²) in [5.74, 6) is 0.280. The van der Waals surface area contributed by atoms with Crippen LogP contribution in [0.25, 0.3) is 16.9 Å². The van der Waals surface area contributed by atoms with Gasteiger partial charge in [0.2, 0.25) is 0 Å². The number of nitrogens with one attached hydrogen (secondary N) is 1. The minimum Gasteiger partial charge on any atom is -0.497 e. The summed E-state index contributed by atoms with van der Waals surface area (Å²) in [5, 5.41) is 7.43. The monoisotopic (exact) mass is 444 g/mol. The maximum absolute atomic E-state index is 13.3. The average molecular weight is 444 g/mol. The number of ether oxygens (including phenoxy) is 2. The molecule has 0 bridgehead atoms. The van der Waals surface area contributed by atoms with Gasteiger partial charge in [0, 0.05) is 37.3 Å². The molecule has 1 saturated heterocycles. The van der Waals surface area contributed by atoms with Crippen molar-refractivity contribution in [3.05, 3.63) is 82.9 Å². The molecule has 3 aliphatic heterocycles. The van der Waals surface area contributed by atoms with Crippen LogP contribution in [-0.4, -0.2) is 40.1 Å². The van der Waals surface area contributed by atoms with Crippen molar-refractivity contribution in [2.45, 2.75) is 25.5 Å². The summed E-state index contributed by atoms with van der Waals surface area (Å²) in [5.41, 5.74) is 2.02. The zero-order valence-electron chi connectivity index (χ0n) is 18.2. The molecule has 0 saturated carbocycles. The van der Waals surface area contributed by atoms with Gasteiger partial charge in [-0.15, -0.1) is 0 Å². The van der Waals surface area contributed by atoms with E-state index >= 15 is 0 Å². The first kappa shape index (κ1) is 21.0. The van der Waals surface area contributed by atoms with Gasteiger partial charge in [-0.1, -0.05) is 24.3 Å². The van der Waals surface area contributed by atoms with Crippen LogP contribution in [-0.2, 0) is 11.3 Å². The SMILES string of the molecule is COc1cccc(NC(=O)c2cn(C[C@@H]3CCCO3)cc3c(=O)n(-c4ccccc4)nc2-3)c1. The number of para-hydroxylation sites is 1. The minimum atomic E-state index is -0.354. The van der Waals surface area contributed by atoms with Crippen molar-refractivity contribution in [3.8, 4) is 22.7 Å². The molecule has 1 atom stereocenters. The highest BCUT2D eigenvalue weighted by atomic mass is 16.5. The minimum absolute atomic E-state index is 0.0565. The largest absolute Gasteiger partial charge is 0.497 e. The van der Waals surface area contributed by atoms with E-state index in [2.05, 4.69) is 10.4 Å². The Hall–Kier alpha value is -3.91. The molecule has 5 rings (SSSR count). The van der Waals surface area contributed by atoms with E-state index in [1.54, 1.807) is 43.8 Å². The Labute approximate surface area is 190 Å². The maximum atomic E-state index is 13.3. The van der Waals surface area contributed by atoms with Crippen molar-refractivity contribution < 1.29 is 14.3 Å². The van der Waals surface area contributed by atoms with E-state index in [-0.39, 0.29) is 17.6 Å². The van der Waals surface area contributed by atoms with E-state index < -0.39 is 0 Å². The Morgan fingerprint density at radius 3 is 2.79 bits per heavy atom. The number of fused-ring (bicyclic) bond motifs is 1. The van der Waals surface area contributed by atoms with Gasteiger partial charge in [0.15, 0.2) is 0 Å². The number of hydrogen-bond donors (Lipinski definition) is 1. The molecule has 0 spiro atoms. The highest BCUT2D eigenvalue weighted by molar-refractivity contribution is 6.08. The van der Waals surface area contributed by atoms with Crippen LogP contribution in [0.4, 0.5) is 5.69 Å².